The Morgan fingerprint density at radius 2 is 2.05 bits per heavy atom. The minimum Gasteiger partial charge on any atom is -0.312 e. The molecule has 0 fully saturated rings. The lowest BCUT2D eigenvalue weighted by Crippen LogP contribution is -2.28. The van der Waals surface area contributed by atoms with Crippen LogP contribution < -0.4 is 10.9 Å². The summed E-state index contributed by atoms with van der Waals surface area (Å²) in [5.41, 5.74) is 2.06. The smallest absolute Gasteiger partial charge is 0.255 e. The van der Waals surface area contributed by atoms with Gasteiger partial charge in [0.1, 0.15) is 0 Å². The average Bonchev–Trinajstić information content (AvgIpc) is 3.02. The molecular weight excluding hydrogens is 280 g/mol. The second kappa shape index (κ2) is 8.15. The van der Waals surface area contributed by atoms with Gasteiger partial charge >= 0.3 is 0 Å². The van der Waals surface area contributed by atoms with Crippen molar-refractivity contribution in [2.75, 3.05) is 6.54 Å². The van der Waals surface area contributed by atoms with E-state index in [9.17, 15) is 4.79 Å². The first-order valence-corrected chi connectivity index (χ1v) is 8.63. The molecule has 0 bridgehead atoms. The largest absolute Gasteiger partial charge is 0.312 e. The van der Waals surface area contributed by atoms with Gasteiger partial charge in [-0.2, -0.15) is 0 Å². The maximum Gasteiger partial charge on any atom is 0.255 e. The number of unbranched alkanes of at least 4 members (excludes halogenated alkanes) is 1. The van der Waals surface area contributed by atoms with Crippen molar-refractivity contribution in [3.63, 3.8) is 0 Å². The first-order chi connectivity index (χ1) is 10.3. The predicted molar refractivity (Wildman–Crippen MR) is 90.9 cm³/mol. The van der Waals surface area contributed by atoms with Gasteiger partial charge in [0.25, 0.3) is 5.56 Å². The molecule has 0 saturated carbocycles. The molecule has 2 aromatic heterocycles. The van der Waals surface area contributed by atoms with E-state index in [0.29, 0.717) is 6.54 Å². The lowest BCUT2D eigenvalue weighted by atomic mass is 10.2. The molecule has 0 unspecified atom stereocenters. The number of nitrogens with zero attached hydrogens (tertiary/aromatic N) is 1. The highest BCUT2D eigenvalue weighted by Gasteiger charge is 2.10. The van der Waals surface area contributed by atoms with E-state index < -0.39 is 0 Å². The van der Waals surface area contributed by atoms with Crippen LogP contribution in [0.1, 0.15) is 38.7 Å². The molecule has 0 radical (unpaired) electrons. The van der Waals surface area contributed by atoms with Gasteiger partial charge in [-0.05, 0) is 36.9 Å². The van der Waals surface area contributed by atoms with Gasteiger partial charge in [-0.25, -0.2) is 0 Å². The fraction of sp³-hybridized carbons (Fsp3) is 0.471. The zero-order chi connectivity index (χ0) is 15.1. The molecule has 0 aliphatic rings. The van der Waals surface area contributed by atoms with Crippen LogP contribution in [0.4, 0.5) is 0 Å². The Labute approximate surface area is 130 Å². The summed E-state index contributed by atoms with van der Waals surface area (Å²) < 4.78 is 1.94. The third kappa shape index (κ3) is 4.05. The number of nitrogens with one attached hydrogen (secondary N) is 1. The normalized spacial score (nSPS) is 11.0. The molecule has 0 aliphatic carbocycles. The molecule has 0 saturated heterocycles. The molecule has 0 aromatic carbocycles. The Hall–Kier alpha value is -1.39. The van der Waals surface area contributed by atoms with Gasteiger partial charge in [-0.15, -0.1) is 11.3 Å². The predicted octanol–water partition coefficient (Wildman–Crippen LogP) is 3.88. The number of hydrogen-bond acceptors (Lipinski definition) is 3. The van der Waals surface area contributed by atoms with Crippen molar-refractivity contribution >= 4 is 11.3 Å². The number of hydrogen-bond donors (Lipinski definition) is 1. The second-order valence-electron chi connectivity index (χ2n) is 5.21. The summed E-state index contributed by atoms with van der Waals surface area (Å²) in [6.07, 6.45) is 3.20. The highest BCUT2D eigenvalue weighted by molar-refractivity contribution is 7.13. The zero-order valence-corrected chi connectivity index (χ0v) is 13.7. The van der Waals surface area contributed by atoms with E-state index in [1.54, 1.807) is 11.3 Å². The van der Waals surface area contributed by atoms with Crippen LogP contribution in [0.15, 0.2) is 34.4 Å². The van der Waals surface area contributed by atoms with Crippen LogP contribution in [0.2, 0.25) is 0 Å². The molecule has 1 N–H and O–H groups in total. The van der Waals surface area contributed by atoms with Crippen LogP contribution >= 0.6 is 11.3 Å². The Morgan fingerprint density at radius 1 is 1.19 bits per heavy atom. The van der Waals surface area contributed by atoms with Gasteiger partial charge in [0.05, 0.1) is 10.6 Å². The highest BCUT2D eigenvalue weighted by atomic mass is 32.1. The highest BCUT2D eigenvalue weighted by Crippen LogP contribution is 2.24. The van der Waals surface area contributed by atoms with Crippen molar-refractivity contribution < 1.29 is 0 Å². The Bertz CT molecular complexity index is 602. The van der Waals surface area contributed by atoms with Crippen molar-refractivity contribution in [1.29, 1.82) is 0 Å². The van der Waals surface area contributed by atoms with Crippen LogP contribution in [0, 0.1) is 0 Å². The number of thiophene rings is 1. The van der Waals surface area contributed by atoms with Crippen molar-refractivity contribution in [3.8, 4) is 10.6 Å². The summed E-state index contributed by atoms with van der Waals surface area (Å²) in [7, 11) is 0. The van der Waals surface area contributed by atoms with Gasteiger partial charge in [0.15, 0.2) is 0 Å². The summed E-state index contributed by atoms with van der Waals surface area (Å²) in [5, 5.41) is 5.38. The van der Waals surface area contributed by atoms with E-state index in [1.807, 2.05) is 16.7 Å². The van der Waals surface area contributed by atoms with Crippen LogP contribution in [0.3, 0.4) is 0 Å². The standard InChI is InChI=1S/C17H24N2OS/c1-3-5-11-19-15(16-7-6-12-21-16)9-8-14(17(19)20)13-18-10-4-2/h6-9,12,18H,3-5,10-11,13H2,1-2H3. The van der Waals surface area contributed by atoms with E-state index in [1.165, 1.54) is 0 Å². The lowest BCUT2D eigenvalue weighted by molar-refractivity contribution is 0.604. The minimum absolute atomic E-state index is 0.151. The third-order valence-electron chi connectivity index (χ3n) is 3.50. The quantitative estimate of drug-likeness (QED) is 0.751. The van der Waals surface area contributed by atoms with E-state index in [2.05, 4.69) is 36.7 Å². The number of pyridine rings is 1. The molecule has 2 rings (SSSR count). The van der Waals surface area contributed by atoms with Gasteiger partial charge in [-0.3, -0.25) is 4.79 Å². The fourth-order valence-corrected chi connectivity index (χ4v) is 3.10. The summed E-state index contributed by atoms with van der Waals surface area (Å²) in [6.45, 7) is 6.68. The molecular formula is C17H24N2OS. The Morgan fingerprint density at radius 3 is 2.71 bits per heavy atom. The van der Waals surface area contributed by atoms with Crippen LogP contribution in [-0.2, 0) is 13.1 Å². The van der Waals surface area contributed by atoms with Crippen molar-refractivity contribution in [3.05, 3.63) is 45.6 Å². The molecule has 0 atom stereocenters. The average molecular weight is 304 g/mol. The molecule has 0 amide bonds. The summed E-state index contributed by atoms with van der Waals surface area (Å²) in [4.78, 5) is 13.9. The van der Waals surface area contributed by atoms with Gasteiger partial charge in [0.2, 0.25) is 0 Å². The van der Waals surface area contributed by atoms with E-state index in [4.69, 9.17) is 0 Å². The molecule has 0 aliphatic heterocycles. The molecule has 21 heavy (non-hydrogen) atoms. The SMILES string of the molecule is CCCCn1c(-c2cccs2)ccc(CNCCC)c1=O. The van der Waals surface area contributed by atoms with Gasteiger partial charge < -0.3 is 9.88 Å². The molecule has 0 spiro atoms. The van der Waals surface area contributed by atoms with Crippen molar-refractivity contribution in [2.45, 2.75) is 46.2 Å². The zero-order valence-electron chi connectivity index (χ0n) is 12.9. The van der Waals surface area contributed by atoms with Crippen LogP contribution in [0.25, 0.3) is 10.6 Å². The van der Waals surface area contributed by atoms with E-state index in [0.717, 1.165) is 48.5 Å². The monoisotopic (exact) mass is 304 g/mol. The minimum atomic E-state index is 0.151. The number of aromatic nitrogens is 1. The molecule has 114 valence electrons. The Kier molecular flexibility index (Phi) is 6.21. The first-order valence-electron chi connectivity index (χ1n) is 7.75. The summed E-state index contributed by atoms with van der Waals surface area (Å²) in [5.74, 6) is 0. The third-order valence-corrected chi connectivity index (χ3v) is 4.40. The van der Waals surface area contributed by atoms with E-state index >= 15 is 0 Å². The second-order valence-corrected chi connectivity index (χ2v) is 6.16. The fourth-order valence-electron chi connectivity index (χ4n) is 2.34. The van der Waals surface area contributed by atoms with Crippen molar-refractivity contribution in [1.82, 2.24) is 9.88 Å². The van der Waals surface area contributed by atoms with Crippen LogP contribution in [0.5, 0.6) is 0 Å². The maximum absolute atomic E-state index is 12.7. The molecule has 2 heterocycles. The Balaban J connectivity index is 2.33. The first kappa shape index (κ1) is 16.0. The van der Waals surface area contributed by atoms with Gasteiger partial charge in [-0.1, -0.05) is 32.4 Å². The van der Waals surface area contributed by atoms with Gasteiger partial charge in [0, 0.05) is 18.7 Å². The van der Waals surface area contributed by atoms with Crippen LogP contribution in [-0.4, -0.2) is 11.1 Å². The lowest BCUT2D eigenvalue weighted by Gasteiger charge is -2.14. The van der Waals surface area contributed by atoms with E-state index in [-0.39, 0.29) is 5.56 Å². The maximum atomic E-state index is 12.7. The topological polar surface area (TPSA) is 34.0 Å². The molecule has 2 aromatic rings. The van der Waals surface area contributed by atoms with Crippen molar-refractivity contribution in [2.24, 2.45) is 0 Å². The molecule has 3 nitrogen and oxygen atoms in total. The number of rotatable bonds is 8. The summed E-state index contributed by atoms with van der Waals surface area (Å²) in [6, 6.07) is 8.18. The molecule has 4 heteroatoms. The summed E-state index contributed by atoms with van der Waals surface area (Å²) >= 11 is 1.68.